The summed E-state index contributed by atoms with van der Waals surface area (Å²) in [4.78, 5) is 27.2. The molecule has 0 aromatic carbocycles. The van der Waals surface area contributed by atoms with Crippen molar-refractivity contribution in [3.05, 3.63) is 12.4 Å². The number of amides is 1. The zero-order valence-corrected chi connectivity index (χ0v) is 14.6. The fourth-order valence-electron chi connectivity index (χ4n) is 3.12. The van der Waals surface area contributed by atoms with Gasteiger partial charge in [-0.05, 0) is 0 Å². The maximum atomic E-state index is 12.3. The number of hydrogen-bond donors (Lipinski definition) is 1. The molecule has 0 bridgehead atoms. The van der Waals surface area contributed by atoms with Gasteiger partial charge in [-0.25, -0.2) is 9.97 Å². The average Bonchev–Trinajstić information content (AvgIpc) is 2.68. The molecule has 25 heavy (non-hydrogen) atoms. The van der Waals surface area contributed by atoms with E-state index >= 15 is 0 Å². The van der Waals surface area contributed by atoms with Crippen molar-refractivity contribution in [2.45, 2.75) is 6.04 Å². The highest BCUT2D eigenvalue weighted by atomic mass is 16.5. The van der Waals surface area contributed by atoms with E-state index in [0.29, 0.717) is 13.1 Å². The zero-order chi connectivity index (χ0) is 17.6. The summed E-state index contributed by atoms with van der Waals surface area (Å²) in [6.07, 6.45) is 1.60. The summed E-state index contributed by atoms with van der Waals surface area (Å²) in [6.45, 7) is 6.10. The van der Waals surface area contributed by atoms with Crippen molar-refractivity contribution in [1.29, 1.82) is 0 Å². The van der Waals surface area contributed by atoms with Crippen LogP contribution in [0.2, 0.25) is 0 Å². The Labute approximate surface area is 147 Å². The summed E-state index contributed by atoms with van der Waals surface area (Å²) in [5, 5.41) is 0. The molecule has 1 aromatic rings. The Morgan fingerprint density at radius 3 is 2.36 bits per heavy atom. The Bertz CT molecular complexity index is 573. The van der Waals surface area contributed by atoms with Gasteiger partial charge in [-0.3, -0.25) is 4.79 Å². The van der Waals surface area contributed by atoms with Crippen LogP contribution in [-0.4, -0.2) is 93.0 Å². The van der Waals surface area contributed by atoms with Gasteiger partial charge >= 0.3 is 0 Å². The van der Waals surface area contributed by atoms with Gasteiger partial charge in [-0.2, -0.15) is 0 Å². The normalized spacial score (nSPS) is 19.8. The van der Waals surface area contributed by atoms with Crippen LogP contribution in [0.25, 0.3) is 0 Å². The van der Waals surface area contributed by atoms with E-state index in [4.69, 9.17) is 15.2 Å². The molecule has 2 aliphatic rings. The second kappa shape index (κ2) is 8.41. The Balaban J connectivity index is 1.58. The Morgan fingerprint density at radius 2 is 1.76 bits per heavy atom. The van der Waals surface area contributed by atoms with Gasteiger partial charge < -0.3 is 29.9 Å². The largest absolute Gasteiger partial charge is 0.383 e. The number of morpholine rings is 1. The predicted molar refractivity (Wildman–Crippen MR) is 93.7 cm³/mol. The molecule has 2 fully saturated rings. The lowest BCUT2D eigenvalue weighted by atomic mass is 10.2. The minimum atomic E-state index is -0.594. The standard InChI is InChI=1S/C16H26N6O3/c1-24-11-13(17)16(23)22-4-2-20(3-5-22)14-10-15(19-12-18-14)21-6-8-25-9-7-21/h10,12-13H,2-9,11,17H2,1H3. The van der Waals surface area contributed by atoms with E-state index in [-0.39, 0.29) is 12.5 Å². The molecule has 0 saturated carbocycles. The highest BCUT2D eigenvalue weighted by Crippen LogP contribution is 2.20. The summed E-state index contributed by atoms with van der Waals surface area (Å²) >= 11 is 0. The molecule has 2 aliphatic heterocycles. The van der Waals surface area contributed by atoms with Gasteiger partial charge in [-0.15, -0.1) is 0 Å². The van der Waals surface area contributed by atoms with Crippen LogP contribution in [0, 0.1) is 0 Å². The summed E-state index contributed by atoms with van der Waals surface area (Å²) < 4.78 is 10.3. The lowest BCUT2D eigenvalue weighted by Gasteiger charge is -2.36. The van der Waals surface area contributed by atoms with E-state index < -0.39 is 6.04 Å². The second-order valence-corrected chi connectivity index (χ2v) is 6.21. The lowest BCUT2D eigenvalue weighted by Crippen LogP contribution is -2.54. The van der Waals surface area contributed by atoms with E-state index in [1.165, 1.54) is 0 Å². The van der Waals surface area contributed by atoms with Gasteiger partial charge in [-0.1, -0.05) is 0 Å². The van der Waals surface area contributed by atoms with Crippen molar-refractivity contribution in [3.8, 4) is 0 Å². The van der Waals surface area contributed by atoms with Crippen molar-refractivity contribution >= 4 is 17.5 Å². The third kappa shape index (κ3) is 4.36. The van der Waals surface area contributed by atoms with E-state index in [2.05, 4.69) is 19.8 Å². The van der Waals surface area contributed by atoms with Gasteiger partial charge in [0.15, 0.2) is 0 Å². The van der Waals surface area contributed by atoms with Gasteiger partial charge in [0.1, 0.15) is 24.0 Å². The molecule has 1 aromatic heterocycles. The molecule has 2 N–H and O–H groups in total. The number of anilines is 2. The number of rotatable bonds is 5. The van der Waals surface area contributed by atoms with Crippen LogP contribution in [0.15, 0.2) is 12.4 Å². The third-order valence-corrected chi connectivity index (χ3v) is 4.55. The average molecular weight is 350 g/mol. The number of methoxy groups -OCH3 is 1. The second-order valence-electron chi connectivity index (χ2n) is 6.21. The van der Waals surface area contributed by atoms with Gasteiger partial charge in [0, 0.05) is 52.4 Å². The first-order chi connectivity index (χ1) is 12.2. The third-order valence-electron chi connectivity index (χ3n) is 4.55. The lowest BCUT2D eigenvalue weighted by molar-refractivity contribution is -0.134. The van der Waals surface area contributed by atoms with Gasteiger partial charge in [0.05, 0.1) is 19.8 Å². The van der Waals surface area contributed by atoms with Crippen LogP contribution in [-0.2, 0) is 14.3 Å². The van der Waals surface area contributed by atoms with Crippen LogP contribution >= 0.6 is 0 Å². The van der Waals surface area contributed by atoms with E-state index in [1.54, 1.807) is 18.3 Å². The zero-order valence-electron chi connectivity index (χ0n) is 14.6. The molecular formula is C16H26N6O3. The first kappa shape index (κ1) is 17.8. The quantitative estimate of drug-likeness (QED) is 0.717. The first-order valence-corrected chi connectivity index (χ1v) is 8.62. The first-order valence-electron chi connectivity index (χ1n) is 8.62. The number of nitrogens with two attached hydrogens (primary N) is 1. The molecule has 138 valence electrons. The van der Waals surface area contributed by atoms with Crippen LogP contribution < -0.4 is 15.5 Å². The van der Waals surface area contributed by atoms with E-state index in [9.17, 15) is 4.79 Å². The Hall–Kier alpha value is -1.97. The molecule has 2 saturated heterocycles. The van der Waals surface area contributed by atoms with Crippen molar-refractivity contribution in [3.63, 3.8) is 0 Å². The molecule has 1 amide bonds. The van der Waals surface area contributed by atoms with Crippen molar-refractivity contribution in [2.75, 3.05) is 76.0 Å². The highest BCUT2D eigenvalue weighted by molar-refractivity contribution is 5.82. The molecule has 1 unspecified atom stereocenters. The maximum Gasteiger partial charge on any atom is 0.241 e. The molecule has 9 heteroatoms. The van der Waals surface area contributed by atoms with Crippen molar-refractivity contribution in [2.24, 2.45) is 5.73 Å². The number of hydrogen-bond acceptors (Lipinski definition) is 8. The van der Waals surface area contributed by atoms with Gasteiger partial charge in [0.2, 0.25) is 5.91 Å². The number of aromatic nitrogens is 2. The summed E-state index contributed by atoms with van der Waals surface area (Å²) in [6, 6.07) is 1.42. The molecule has 0 radical (unpaired) electrons. The van der Waals surface area contributed by atoms with Crippen LogP contribution in [0.4, 0.5) is 11.6 Å². The highest BCUT2D eigenvalue weighted by Gasteiger charge is 2.26. The molecule has 9 nitrogen and oxygen atoms in total. The van der Waals surface area contributed by atoms with Crippen molar-refractivity contribution < 1.29 is 14.3 Å². The summed E-state index contributed by atoms with van der Waals surface area (Å²) in [7, 11) is 1.55. The SMILES string of the molecule is COCC(N)C(=O)N1CCN(c2cc(N3CCOCC3)ncn2)CC1. The minimum absolute atomic E-state index is 0.0572. The number of carbonyl (C=O) groups is 1. The smallest absolute Gasteiger partial charge is 0.241 e. The van der Waals surface area contributed by atoms with Crippen LogP contribution in [0.1, 0.15) is 0 Å². The molecule has 0 spiro atoms. The number of carbonyl (C=O) groups excluding carboxylic acids is 1. The number of nitrogens with zero attached hydrogens (tertiary/aromatic N) is 5. The topological polar surface area (TPSA) is 97.1 Å². The Morgan fingerprint density at radius 1 is 1.16 bits per heavy atom. The number of piperazine rings is 1. The van der Waals surface area contributed by atoms with Gasteiger partial charge in [0.25, 0.3) is 0 Å². The maximum absolute atomic E-state index is 12.3. The van der Waals surface area contributed by atoms with Crippen LogP contribution in [0.3, 0.4) is 0 Å². The minimum Gasteiger partial charge on any atom is -0.383 e. The van der Waals surface area contributed by atoms with E-state index in [0.717, 1.165) is 51.0 Å². The van der Waals surface area contributed by atoms with Crippen LogP contribution in [0.5, 0.6) is 0 Å². The molecular weight excluding hydrogens is 324 g/mol. The molecule has 1 atom stereocenters. The summed E-state index contributed by atoms with van der Waals surface area (Å²) in [5.74, 6) is 1.76. The molecule has 3 rings (SSSR count). The number of ether oxygens (including phenoxy) is 2. The predicted octanol–water partition coefficient (Wildman–Crippen LogP) is -1.06. The molecule has 0 aliphatic carbocycles. The fourth-order valence-corrected chi connectivity index (χ4v) is 3.12. The summed E-state index contributed by atoms with van der Waals surface area (Å²) in [5.41, 5.74) is 5.84. The monoisotopic (exact) mass is 350 g/mol. The van der Waals surface area contributed by atoms with E-state index in [1.807, 2.05) is 6.07 Å². The fraction of sp³-hybridized carbons (Fsp3) is 0.688. The van der Waals surface area contributed by atoms with Crippen molar-refractivity contribution in [1.82, 2.24) is 14.9 Å². The molecule has 3 heterocycles. The Kier molecular flexibility index (Phi) is 6.00.